The highest BCUT2D eigenvalue weighted by Crippen LogP contribution is 2.19. The van der Waals surface area contributed by atoms with E-state index in [0.717, 1.165) is 11.1 Å². The van der Waals surface area contributed by atoms with Gasteiger partial charge < -0.3 is 5.73 Å². The third-order valence-corrected chi connectivity index (χ3v) is 2.87. The van der Waals surface area contributed by atoms with Gasteiger partial charge in [0.25, 0.3) is 0 Å². The quantitative estimate of drug-likeness (QED) is 0.828. The van der Waals surface area contributed by atoms with Gasteiger partial charge in [0.15, 0.2) is 0 Å². The Labute approximate surface area is 112 Å². The molecule has 0 bridgehead atoms. The van der Waals surface area contributed by atoms with Crippen molar-refractivity contribution in [1.82, 2.24) is 4.90 Å². The molecule has 5 heteroatoms. The van der Waals surface area contributed by atoms with Crippen LogP contribution in [-0.2, 0) is 13.0 Å². The molecule has 2 nitrogen and oxygen atoms in total. The van der Waals surface area contributed by atoms with Crippen molar-refractivity contribution in [3.63, 3.8) is 0 Å². The Kier molecular flexibility index (Phi) is 6.31. The predicted octanol–water partition coefficient (Wildman–Crippen LogP) is 2.96. The SMILES string of the molecule is CCCN(Cc1ccccc1CCN)CC(F)(F)F. The number of nitrogens with two attached hydrogens (primary N) is 1. The lowest BCUT2D eigenvalue weighted by atomic mass is 10.0. The fourth-order valence-electron chi connectivity index (χ4n) is 2.14. The van der Waals surface area contributed by atoms with Gasteiger partial charge in [0, 0.05) is 6.54 Å². The Morgan fingerprint density at radius 1 is 1.16 bits per heavy atom. The van der Waals surface area contributed by atoms with Gasteiger partial charge in [-0.2, -0.15) is 13.2 Å². The summed E-state index contributed by atoms with van der Waals surface area (Å²) in [5, 5.41) is 0. The topological polar surface area (TPSA) is 29.3 Å². The Morgan fingerprint density at radius 3 is 2.32 bits per heavy atom. The molecule has 0 radical (unpaired) electrons. The summed E-state index contributed by atoms with van der Waals surface area (Å²) in [6.45, 7) is 2.29. The Bertz CT molecular complexity index is 377. The molecule has 0 heterocycles. The lowest BCUT2D eigenvalue weighted by Crippen LogP contribution is -2.34. The highest BCUT2D eigenvalue weighted by Gasteiger charge is 2.30. The molecule has 1 aromatic carbocycles. The second kappa shape index (κ2) is 7.50. The molecular formula is C14H21F3N2. The first-order valence-corrected chi connectivity index (χ1v) is 6.52. The molecule has 0 aliphatic carbocycles. The van der Waals surface area contributed by atoms with Gasteiger partial charge in [-0.1, -0.05) is 31.2 Å². The molecule has 0 aliphatic rings. The van der Waals surface area contributed by atoms with E-state index in [4.69, 9.17) is 5.73 Å². The van der Waals surface area contributed by atoms with Crippen LogP contribution in [0, 0.1) is 0 Å². The molecule has 0 unspecified atom stereocenters. The van der Waals surface area contributed by atoms with Crippen LogP contribution >= 0.6 is 0 Å². The smallest absolute Gasteiger partial charge is 0.330 e. The second-order valence-electron chi connectivity index (χ2n) is 4.63. The average molecular weight is 274 g/mol. The molecule has 0 fully saturated rings. The fraction of sp³-hybridized carbons (Fsp3) is 0.571. The molecule has 19 heavy (non-hydrogen) atoms. The summed E-state index contributed by atoms with van der Waals surface area (Å²) < 4.78 is 37.6. The molecule has 0 aromatic heterocycles. The van der Waals surface area contributed by atoms with E-state index in [1.807, 2.05) is 31.2 Å². The van der Waals surface area contributed by atoms with E-state index in [1.54, 1.807) is 0 Å². The van der Waals surface area contributed by atoms with Crippen molar-refractivity contribution < 1.29 is 13.2 Å². The summed E-state index contributed by atoms with van der Waals surface area (Å²) in [4.78, 5) is 1.44. The minimum atomic E-state index is -4.15. The minimum absolute atomic E-state index is 0.323. The molecule has 1 aromatic rings. The summed E-state index contributed by atoms with van der Waals surface area (Å²) in [5.74, 6) is 0. The zero-order valence-corrected chi connectivity index (χ0v) is 11.2. The average Bonchev–Trinajstić information content (AvgIpc) is 2.30. The van der Waals surface area contributed by atoms with Crippen LogP contribution in [0.3, 0.4) is 0 Å². The largest absolute Gasteiger partial charge is 0.401 e. The molecule has 0 atom stereocenters. The van der Waals surface area contributed by atoms with Gasteiger partial charge in [-0.25, -0.2) is 0 Å². The number of nitrogens with zero attached hydrogens (tertiary/aromatic N) is 1. The zero-order valence-electron chi connectivity index (χ0n) is 11.2. The van der Waals surface area contributed by atoms with Crippen molar-refractivity contribution in [3.05, 3.63) is 35.4 Å². The normalized spacial score (nSPS) is 12.1. The van der Waals surface area contributed by atoms with Crippen LogP contribution in [0.2, 0.25) is 0 Å². The van der Waals surface area contributed by atoms with Gasteiger partial charge >= 0.3 is 6.18 Å². The molecule has 0 saturated heterocycles. The van der Waals surface area contributed by atoms with Crippen LogP contribution in [0.4, 0.5) is 13.2 Å². The van der Waals surface area contributed by atoms with Crippen molar-refractivity contribution in [2.45, 2.75) is 32.5 Å². The summed E-state index contributed by atoms with van der Waals surface area (Å²) in [7, 11) is 0. The van der Waals surface area contributed by atoms with Crippen LogP contribution in [0.5, 0.6) is 0 Å². The molecule has 108 valence electrons. The summed E-state index contributed by atoms with van der Waals surface area (Å²) in [6, 6.07) is 7.55. The third-order valence-electron chi connectivity index (χ3n) is 2.87. The van der Waals surface area contributed by atoms with Crippen molar-refractivity contribution in [2.24, 2.45) is 5.73 Å². The van der Waals surface area contributed by atoms with Crippen molar-refractivity contribution in [1.29, 1.82) is 0 Å². The molecule has 0 amide bonds. The first kappa shape index (κ1) is 16.0. The van der Waals surface area contributed by atoms with Gasteiger partial charge in [0.2, 0.25) is 0 Å². The van der Waals surface area contributed by atoms with Crippen molar-refractivity contribution in [3.8, 4) is 0 Å². The number of hydrogen-bond acceptors (Lipinski definition) is 2. The molecule has 0 spiro atoms. The lowest BCUT2D eigenvalue weighted by Gasteiger charge is -2.24. The number of hydrogen-bond donors (Lipinski definition) is 1. The molecule has 0 aliphatic heterocycles. The maximum atomic E-state index is 12.5. The van der Waals surface area contributed by atoms with E-state index in [0.29, 0.717) is 32.5 Å². The van der Waals surface area contributed by atoms with Gasteiger partial charge in [0.1, 0.15) is 0 Å². The first-order chi connectivity index (χ1) is 8.96. The van der Waals surface area contributed by atoms with E-state index < -0.39 is 12.7 Å². The predicted molar refractivity (Wildman–Crippen MR) is 70.8 cm³/mol. The Hall–Kier alpha value is -1.07. The van der Waals surface area contributed by atoms with Crippen molar-refractivity contribution >= 4 is 0 Å². The monoisotopic (exact) mass is 274 g/mol. The van der Waals surface area contributed by atoms with Crippen LogP contribution in [0.25, 0.3) is 0 Å². The van der Waals surface area contributed by atoms with E-state index in [9.17, 15) is 13.2 Å². The number of alkyl halides is 3. The van der Waals surface area contributed by atoms with E-state index >= 15 is 0 Å². The van der Waals surface area contributed by atoms with Gasteiger partial charge in [-0.05, 0) is 37.1 Å². The van der Waals surface area contributed by atoms with Crippen LogP contribution in [0.15, 0.2) is 24.3 Å². The highest BCUT2D eigenvalue weighted by atomic mass is 19.4. The van der Waals surface area contributed by atoms with Crippen molar-refractivity contribution in [2.75, 3.05) is 19.6 Å². The summed E-state index contributed by atoms with van der Waals surface area (Å²) in [6.07, 6.45) is -2.75. The number of halogens is 3. The molecule has 1 rings (SSSR count). The van der Waals surface area contributed by atoms with Gasteiger partial charge in [-0.3, -0.25) is 4.90 Å². The first-order valence-electron chi connectivity index (χ1n) is 6.52. The van der Waals surface area contributed by atoms with Crippen LogP contribution in [-0.4, -0.2) is 30.7 Å². The fourth-order valence-corrected chi connectivity index (χ4v) is 2.14. The highest BCUT2D eigenvalue weighted by molar-refractivity contribution is 5.27. The van der Waals surface area contributed by atoms with E-state index in [-0.39, 0.29) is 0 Å². The standard InChI is InChI=1S/C14H21F3N2/c1-2-9-19(11-14(15,16)17)10-13-6-4-3-5-12(13)7-8-18/h3-6H,2,7-11,18H2,1H3. The van der Waals surface area contributed by atoms with Crippen LogP contribution in [0.1, 0.15) is 24.5 Å². The van der Waals surface area contributed by atoms with Gasteiger partial charge in [-0.15, -0.1) is 0 Å². The Morgan fingerprint density at radius 2 is 1.79 bits per heavy atom. The maximum absolute atomic E-state index is 12.5. The summed E-state index contributed by atoms with van der Waals surface area (Å²) in [5.41, 5.74) is 7.50. The van der Waals surface area contributed by atoms with Gasteiger partial charge in [0.05, 0.1) is 6.54 Å². The zero-order chi connectivity index (χ0) is 14.3. The second-order valence-corrected chi connectivity index (χ2v) is 4.63. The Balaban J connectivity index is 2.78. The molecular weight excluding hydrogens is 253 g/mol. The van der Waals surface area contributed by atoms with E-state index in [2.05, 4.69) is 0 Å². The third kappa shape index (κ3) is 6.07. The maximum Gasteiger partial charge on any atom is 0.401 e. The molecule has 0 saturated carbocycles. The minimum Gasteiger partial charge on any atom is -0.330 e. The lowest BCUT2D eigenvalue weighted by molar-refractivity contribution is -0.147. The number of rotatable bonds is 7. The van der Waals surface area contributed by atoms with E-state index in [1.165, 1.54) is 4.90 Å². The number of benzene rings is 1. The molecule has 2 N–H and O–H groups in total. The van der Waals surface area contributed by atoms with Crippen LogP contribution < -0.4 is 5.73 Å². The summed E-state index contributed by atoms with van der Waals surface area (Å²) >= 11 is 0.